The van der Waals surface area contributed by atoms with Crippen LogP contribution in [0.3, 0.4) is 0 Å². The Morgan fingerprint density at radius 1 is 1.06 bits per heavy atom. The van der Waals surface area contributed by atoms with Gasteiger partial charge in [0.1, 0.15) is 5.82 Å². The van der Waals surface area contributed by atoms with Gasteiger partial charge in [-0.1, -0.05) is 51.6 Å². The Bertz CT molecular complexity index is 1110. The molecule has 0 aliphatic rings. The van der Waals surface area contributed by atoms with Crippen LogP contribution >= 0.6 is 0 Å². The zero-order valence-electron chi connectivity index (χ0n) is 18.8. The molecule has 0 spiro atoms. The van der Waals surface area contributed by atoms with Crippen LogP contribution in [0.2, 0.25) is 0 Å². The van der Waals surface area contributed by atoms with Crippen molar-refractivity contribution in [2.24, 2.45) is 0 Å². The summed E-state index contributed by atoms with van der Waals surface area (Å²) in [4.78, 5) is 17.1. The second-order valence-corrected chi connectivity index (χ2v) is 7.44. The standard InChI is InChI=1S/C26H30N4O/c1-6-10-24(21-13-12-19(7-2)20(8-3)15-21)30-22(9-4)16-23(29-30)26(31)28-25-14-11-18(5)17-27-25/h6,10-17H,1,7-9H2,2-5H3,(H,27,28,31)/b24-10-. The number of carbonyl (C=O) groups is 1. The first-order valence-corrected chi connectivity index (χ1v) is 10.8. The van der Waals surface area contributed by atoms with Crippen LogP contribution in [0.4, 0.5) is 5.82 Å². The molecule has 0 atom stereocenters. The lowest BCUT2D eigenvalue weighted by atomic mass is 9.98. The first-order chi connectivity index (χ1) is 15.0. The number of pyridine rings is 1. The highest BCUT2D eigenvalue weighted by Gasteiger charge is 2.17. The minimum atomic E-state index is -0.279. The SMILES string of the molecule is C=C/C=C(/c1ccc(CC)c(CC)c1)n1nc(C(=O)Nc2ccc(C)cn2)cc1CC. The maximum Gasteiger partial charge on any atom is 0.277 e. The van der Waals surface area contributed by atoms with Crippen LogP contribution in [0.25, 0.3) is 5.70 Å². The summed E-state index contributed by atoms with van der Waals surface area (Å²) >= 11 is 0. The van der Waals surface area contributed by atoms with E-state index in [2.05, 4.69) is 60.9 Å². The average molecular weight is 415 g/mol. The number of carbonyl (C=O) groups excluding carboxylic acids is 1. The van der Waals surface area contributed by atoms with Crippen molar-refractivity contribution >= 4 is 17.4 Å². The number of nitrogens with zero attached hydrogens (tertiary/aromatic N) is 3. The van der Waals surface area contributed by atoms with Crippen LogP contribution in [-0.4, -0.2) is 20.7 Å². The number of hydrogen-bond acceptors (Lipinski definition) is 3. The van der Waals surface area contributed by atoms with Crippen LogP contribution in [0.15, 0.2) is 61.3 Å². The number of amides is 1. The lowest BCUT2D eigenvalue weighted by Crippen LogP contribution is -2.14. The number of anilines is 1. The molecular formula is C26H30N4O. The Hall–Kier alpha value is -3.47. The van der Waals surface area contributed by atoms with E-state index in [1.54, 1.807) is 18.3 Å². The number of benzene rings is 1. The van der Waals surface area contributed by atoms with Gasteiger partial charge >= 0.3 is 0 Å². The maximum atomic E-state index is 12.8. The summed E-state index contributed by atoms with van der Waals surface area (Å²) in [5.74, 6) is 0.228. The molecule has 3 aromatic rings. The molecular weight excluding hydrogens is 384 g/mol. The minimum absolute atomic E-state index is 0.279. The molecule has 0 bridgehead atoms. The molecule has 31 heavy (non-hydrogen) atoms. The minimum Gasteiger partial charge on any atom is -0.305 e. The molecule has 0 unspecified atom stereocenters. The molecule has 1 N–H and O–H groups in total. The van der Waals surface area contributed by atoms with Crippen molar-refractivity contribution in [1.82, 2.24) is 14.8 Å². The third-order valence-corrected chi connectivity index (χ3v) is 5.30. The fraction of sp³-hybridized carbons (Fsp3) is 0.269. The summed E-state index contributed by atoms with van der Waals surface area (Å²) in [7, 11) is 0. The van der Waals surface area contributed by atoms with Gasteiger partial charge in [0.15, 0.2) is 5.69 Å². The van der Waals surface area contributed by atoms with Gasteiger partial charge in [0.05, 0.1) is 5.70 Å². The summed E-state index contributed by atoms with van der Waals surface area (Å²) in [5.41, 5.74) is 6.98. The number of aromatic nitrogens is 3. The van der Waals surface area contributed by atoms with Crippen LogP contribution in [0.5, 0.6) is 0 Å². The number of hydrogen-bond donors (Lipinski definition) is 1. The highest BCUT2D eigenvalue weighted by atomic mass is 16.2. The van der Waals surface area contributed by atoms with E-state index in [0.29, 0.717) is 11.5 Å². The van der Waals surface area contributed by atoms with E-state index in [-0.39, 0.29) is 5.91 Å². The number of rotatable bonds is 8. The molecule has 0 aliphatic carbocycles. The fourth-order valence-electron chi connectivity index (χ4n) is 3.57. The van der Waals surface area contributed by atoms with E-state index < -0.39 is 0 Å². The molecule has 1 aromatic carbocycles. The van der Waals surface area contributed by atoms with Gasteiger partial charge in [-0.2, -0.15) is 5.10 Å². The van der Waals surface area contributed by atoms with E-state index in [1.807, 2.05) is 29.8 Å². The van der Waals surface area contributed by atoms with E-state index in [0.717, 1.165) is 41.8 Å². The number of allylic oxidation sites excluding steroid dienone is 2. The van der Waals surface area contributed by atoms with Gasteiger partial charge in [0, 0.05) is 17.5 Å². The van der Waals surface area contributed by atoms with Crippen molar-refractivity contribution in [1.29, 1.82) is 0 Å². The quantitative estimate of drug-likeness (QED) is 0.488. The second-order valence-electron chi connectivity index (χ2n) is 7.44. The summed E-state index contributed by atoms with van der Waals surface area (Å²) in [5, 5.41) is 7.48. The molecule has 0 fully saturated rings. The Labute approximate surface area is 184 Å². The molecule has 0 saturated carbocycles. The monoisotopic (exact) mass is 414 g/mol. The van der Waals surface area contributed by atoms with Gasteiger partial charge in [0.25, 0.3) is 5.91 Å². The lowest BCUT2D eigenvalue weighted by Gasteiger charge is -2.14. The molecule has 2 aromatic heterocycles. The largest absolute Gasteiger partial charge is 0.305 e. The van der Waals surface area contributed by atoms with E-state index in [4.69, 9.17) is 0 Å². The molecule has 5 nitrogen and oxygen atoms in total. The third kappa shape index (κ3) is 5.00. The van der Waals surface area contributed by atoms with Gasteiger partial charge in [0.2, 0.25) is 0 Å². The van der Waals surface area contributed by atoms with Crippen LogP contribution in [0.1, 0.15) is 59.2 Å². The highest BCUT2D eigenvalue weighted by Crippen LogP contribution is 2.24. The van der Waals surface area contributed by atoms with Gasteiger partial charge in [-0.15, -0.1) is 0 Å². The predicted molar refractivity (Wildman–Crippen MR) is 127 cm³/mol. The van der Waals surface area contributed by atoms with Crippen molar-refractivity contribution in [3.8, 4) is 0 Å². The summed E-state index contributed by atoms with van der Waals surface area (Å²) < 4.78 is 1.85. The van der Waals surface area contributed by atoms with Gasteiger partial charge in [-0.3, -0.25) is 4.79 Å². The third-order valence-electron chi connectivity index (χ3n) is 5.30. The Balaban J connectivity index is 1.99. The molecule has 2 heterocycles. The Kier molecular flexibility index (Phi) is 7.19. The molecule has 5 heteroatoms. The number of aryl methyl sites for hydroxylation is 4. The normalized spacial score (nSPS) is 11.4. The lowest BCUT2D eigenvalue weighted by molar-refractivity contribution is 0.102. The van der Waals surface area contributed by atoms with Crippen molar-refractivity contribution in [2.45, 2.75) is 47.0 Å². The number of nitrogens with one attached hydrogen (secondary N) is 1. The van der Waals surface area contributed by atoms with Crippen molar-refractivity contribution in [3.63, 3.8) is 0 Å². The first-order valence-electron chi connectivity index (χ1n) is 10.8. The van der Waals surface area contributed by atoms with Crippen LogP contribution in [0, 0.1) is 6.92 Å². The van der Waals surface area contributed by atoms with E-state index >= 15 is 0 Å². The summed E-state index contributed by atoms with van der Waals surface area (Å²) in [6.45, 7) is 12.2. The topological polar surface area (TPSA) is 59.8 Å². The summed E-state index contributed by atoms with van der Waals surface area (Å²) in [6, 6.07) is 12.0. The molecule has 0 aliphatic heterocycles. The molecule has 160 valence electrons. The average Bonchev–Trinajstić information content (AvgIpc) is 3.22. The molecule has 3 rings (SSSR count). The fourth-order valence-corrected chi connectivity index (χ4v) is 3.57. The summed E-state index contributed by atoms with van der Waals surface area (Å²) in [6.07, 6.45) is 8.13. The van der Waals surface area contributed by atoms with E-state index in [1.165, 1.54) is 11.1 Å². The first kappa shape index (κ1) is 22.2. The molecule has 0 radical (unpaired) electrons. The highest BCUT2D eigenvalue weighted by molar-refractivity contribution is 6.02. The molecule has 1 amide bonds. The van der Waals surface area contributed by atoms with Crippen LogP contribution in [-0.2, 0) is 19.3 Å². The second kappa shape index (κ2) is 10.0. The Morgan fingerprint density at radius 2 is 1.84 bits per heavy atom. The van der Waals surface area contributed by atoms with Gasteiger partial charge in [-0.05, 0) is 67.2 Å². The predicted octanol–water partition coefficient (Wildman–Crippen LogP) is 5.60. The van der Waals surface area contributed by atoms with E-state index in [9.17, 15) is 4.79 Å². The molecule has 0 saturated heterocycles. The van der Waals surface area contributed by atoms with Crippen LogP contribution < -0.4 is 5.32 Å². The zero-order chi connectivity index (χ0) is 22.4. The smallest absolute Gasteiger partial charge is 0.277 e. The van der Waals surface area contributed by atoms with Crippen molar-refractivity contribution in [2.75, 3.05) is 5.32 Å². The van der Waals surface area contributed by atoms with Gasteiger partial charge < -0.3 is 5.32 Å². The van der Waals surface area contributed by atoms with Gasteiger partial charge in [-0.25, -0.2) is 9.67 Å². The zero-order valence-corrected chi connectivity index (χ0v) is 18.8. The Morgan fingerprint density at radius 3 is 2.45 bits per heavy atom. The van der Waals surface area contributed by atoms with Crippen molar-refractivity contribution in [3.05, 3.63) is 95.0 Å². The maximum absolute atomic E-state index is 12.8. The van der Waals surface area contributed by atoms with Crippen molar-refractivity contribution < 1.29 is 4.79 Å².